The summed E-state index contributed by atoms with van der Waals surface area (Å²) in [4.78, 5) is 14.1. The molecule has 0 saturated heterocycles. The van der Waals surface area contributed by atoms with Crippen molar-refractivity contribution >= 4 is 30.1 Å². The Balaban J connectivity index is 2.02. The summed E-state index contributed by atoms with van der Waals surface area (Å²) < 4.78 is 0. The van der Waals surface area contributed by atoms with Crippen molar-refractivity contribution < 1.29 is 4.79 Å². The number of carbonyl (C=O) groups excluding carboxylic acids is 1. The van der Waals surface area contributed by atoms with E-state index in [1.165, 1.54) is 0 Å². The van der Waals surface area contributed by atoms with Crippen molar-refractivity contribution in [1.29, 1.82) is 0 Å². The fourth-order valence-electron chi connectivity index (χ4n) is 2.22. The largest absolute Gasteiger partial charge is 0.339 e. The first-order chi connectivity index (χ1) is 8.97. The summed E-state index contributed by atoms with van der Waals surface area (Å²) in [6.45, 7) is 2.03. The summed E-state index contributed by atoms with van der Waals surface area (Å²) in [5, 5.41) is 0.708. The molecule has 1 atom stereocenters. The highest BCUT2D eigenvalue weighted by atomic mass is 35.5. The monoisotopic (exact) mass is 297 g/mol. The third kappa shape index (κ3) is 3.46. The van der Waals surface area contributed by atoms with E-state index < -0.39 is 0 Å². The Morgan fingerprint density at radius 2 is 2.21 bits per heavy atom. The van der Waals surface area contributed by atoms with Crippen LogP contribution in [0, 0.1) is 5.41 Å². The lowest BCUT2D eigenvalue weighted by molar-refractivity contribution is -0.132. The van der Waals surface area contributed by atoms with E-state index in [9.17, 15) is 4.79 Å². The Kier molecular flexibility index (Phi) is 4.46. The van der Waals surface area contributed by atoms with Crippen LogP contribution in [0.25, 0.3) is 0 Å². The fourth-order valence-corrected chi connectivity index (χ4v) is 2.85. The summed E-state index contributed by atoms with van der Waals surface area (Å²) in [7, 11) is 1.86. The molecule has 0 bridgehead atoms. The van der Waals surface area contributed by atoms with Crippen molar-refractivity contribution in [2.75, 3.05) is 12.8 Å². The Labute approximate surface area is 125 Å². The van der Waals surface area contributed by atoms with Gasteiger partial charge in [0.15, 0.2) is 0 Å². The van der Waals surface area contributed by atoms with Crippen LogP contribution in [0.5, 0.6) is 0 Å². The molecule has 0 heterocycles. The minimum atomic E-state index is 0.0434. The maximum atomic E-state index is 12.3. The molecule has 19 heavy (non-hydrogen) atoms. The zero-order chi connectivity index (χ0) is 14.0. The van der Waals surface area contributed by atoms with Gasteiger partial charge in [-0.3, -0.25) is 4.79 Å². The third-order valence-corrected chi connectivity index (χ3v) is 5.03. The topological polar surface area (TPSA) is 20.3 Å². The summed E-state index contributed by atoms with van der Waals surface area (Å²) in [5.74, 6) is 0.997. The number of benzene rings is 1. The lowest BCUT2D eigenvalue weighted by Crippen LogP contribution is -2.31. The Morgan fingerprint density at radius 3 is 2.74 bits per heavy atom. The molecule has 4 heteroatoms. The number of hydrogen-bond acceptors (Lipinski definition) is 2. The summed E-state index contributed by atoms with van der Waals surface area (Å²) >= 11 is 10.4. The molecule has 0 spiro atoms. The molecule has 104 valence electrons. The van der Waals surface area contributed by atoms with Crippen LogP contribution in [0.1, 0.15) is 37.8 Å². The fraction of sp³-hybridized carbons (Fsp3) is 0.533. The Morgan fingerprint density at radius 1 is 1.53 bits per heavy atom. The van der Waals surface area contributed by atoms with Crippen molar-refractivity contribution in [1.82, 2.24) is 4.90 Å². The van der Waals surface area contributed by atoms with Crippen molar-refractivity contribution in [3.63, 3.8) is 0 Å². The van der Waals surface area contributed by atoms with E-state index in [1.54, 1.807) is 0 Å². The molecule has 1 aromatic rings. The van der Waals surface area contributed by atoms with Crippen LogP contribution < -0.4 is 0 Å². The number of thiol groups is 1. The maximum Gasteiger partial charge on any atom is 0.223 e. The van der Waals surface area contributed by atoms with E-state index >= 15 is 0 Å². The number of halogens is 1. The van der Waals surface area contributed by atoms with E-state index in [-0.39, 0.29) is 17.4 Å². The highest BCUT2D eigenvalue weighted by Gasteiger charge is 2.43. The van der Waals surface area contributed by atoms with Crippen LogP contribution in [-0.4, -0.2) is 23.6 Å². The van der Waals surface area contributed by atoms with E-state index in [0.29, 0.717) is 11.4 Å². The molecule has 0 aliphatic heterocycles. The zero-order valence-corrected chi connectivity index (χ0v) is 13.0. The second kappa shape index (κ2) is 5.76. The molecule has 0 radical (unpaired) electrons. The van der Waals surface area contributed by atoms with Gasteiger partial charge in [-0.1, -0.05) is 23.7 Å². The van der Waals surface area contributed by atoms with Crippen molar-refractivity contribution in [3.05, 3.63) is 34.9 Å². The SMILES string of the molecule is CC(c1cccc(Cl)c1)N(C)C(=O)CC1(CS)CC1. The summed E-state index contributed by atoms with van der Waals surface area (Å²) in [6.07, 6.45) is 2.86. The van der Waals surface area contributed by atoms with Gasteiger partial charge in [-0.25, -0.2) is 0 Å². The van der Waals surface area contributed by atoms with E-state index in [2.05, 4.69) is 12.6 Å². The average Bonchev–Trinajstić information content (AvgIpc) is 3.17. The summed E-state index contributed by atoms with van der Waals surface area (Å²) in [6, 6.07) is 7.73. The minimum Gasteiger partial charge on any atom is -0.339 e. The molecule has 1 aliphatic carbocycles. The highest BCUT2D eigenvalue weighted by Crippen LogP contribution is 2.50. The number of amides is 1. The Hall–Kier alpha value is -0.670. The van der Waals surface area contributed by atoms with Gasteiger partial charge in [0.1, 0.15) is 0 Å². The van der Waals surface area contributed by atoms with E-state index in [1.807, 2.05) is 43.1 Å². The van der Waals surface area contributed by atoms with Gasteiger partial charge in [-0.15, -0.1) is 0 Å². The lowest BCUT2D eigenvalue weighted by Gasteiger charge is -2.27. The van der Waals surface area contributed by atoms with Crippen molar-refractivity contribution in [2.24, 2.45) is 5.41 Å². The quantitative estimate of drug-likeness (QED) is 0.816. The average molecular weight is 298 g/mol. The molecule has 0 N–H and O–H groups in total. The normalized spacial score (nSPS) is 17.9. The molecule has 1 fully saturated rings. The molecule has 0 aromatic heterocycles. The molecule has 1 aliphatic rings. The molecule has 1 aromatic carbocycles. The van der Waals surface area contributed by atoms with Crippen molar-refractivity contribution in [2.45, 2.75) is 32.2 Å². The number of carbonyl (C=O) groups is 1. The van der Waals surface area contributed by atoms with Crippen LogP contribution in [0.3, 0.4) is 0 Å². The van der Waals surface area contributed by atoms with E-state index in [4.69, 9.17) is 11.6 Å². The predicted octanol–water partition coefficient (Wildman–Crippen LogP) is 3.96. The van der Waals surface area contributed by atoms with Crippen LogP contribution >= 0.6 is 24.2 Å². The smallest absolute Gasteiger partial charge is 0.223 e. The molecule has 1 amide bonds. The van der Waals surface area contributed by atoms with Gasteiger partial charge in [0.25, 0.3) is 0 Å². The van der Waals surface area contributed by atoms with Crippen LogP contribution in [-0.2, 0) is 4.79 Å². The van der Waals surface area contributed by atoms with Gasteiger partial charge in [0, 0.05) is 18.5 Å². The van der Waals surface area contributed by atoms with Gasteiger partial charge in [-0.05, 0) is 48.6 Å². The number of nitrogens with zero attached hydrogens (tertiary/aromatic N) is 1. The van der Waals surface area contributed by atoms with Gasteiger partial charge in [-0.2, -0.15) is 12.6 Å². The summed E-state index contributed by atoms with van der Waals surface area (Å²) in [5.41, 5.74) is 1.24. The van der Waals surface area contributed by atoms with E-state index in [0.717, 1.165) is 24.2 Å². The molecule has 1 unspecified atom stereocenters. The number of rotatable bonds is 5. The first-order valence-corrected chi connectivity index (χ1v) is 7.60. The van der Waals surface area contributed by atoms with Gasteiger partial charge in [0.05, 0.1) is 6.04 Å². The highest BCUT2D eigenvalue weighted by molar-refractivity contribution is 7.80. The van der Waals surface area contributed by atoms with Crippen LogP contribution in [0.15, 0.2) is 24.3 Å². The third-order valence-electron chi connectivity index (χ3n) is 4.12. The minimum absolute atomic E-state index is 0.0434. The van der Waals surface area contributed by atoms with Crippen LogP contribution in [0.4, 0.5) is 0 Å². The standard InChI is InChI=1S/C15H20ClNOS/c1-11(12-4-3-5-13(16)8-12)17(2)14(18)9-15(10-19)6-7-15/h3-5,8,11,19H,6-7,9-10H2,1-2H3. The zero-order valence-electron chi connectivity index (χ0n) is 11.4. The van der Waals surface area contributed by atoms with Gasteiger partial charge >= 0.3 is 0 Å². The lowest BCUT2D eigenvalue weighted by atomic mass is 10.0. The Bertz CT molecular complexity index is 473. The second-order valence-corrected chi connectivity index (χ2v) is 6.32. The molecular formula is C15H20ClNOS. The van der Waals surface area contributed by atoms with Gasteiger partial charge in [0.2, 0.25) is 5.91 Å². The van der Waals surface area contributed by atoms with Crippen LogP contribution in [0.2, 0.25) is 5.02 Å². The molecular weight excluding hydrogens is 278 g/mol. The molecule has 2 rings (SSSR count). The number of hydrogen-bond donors (Lipinski definition) is 1. The second-order valence-electron chi connectivity index (χ2n) is 5.57. The van der Waals surface area contributed by atoms with Crippen molar-refractivity contribution in [3.8, 4) is 0 Å². The maximum absolute atomic E-state index is 12.3. The van der Waals surface area contributed by atoms with Gasteiger partial charge < -0.3 is 4.90 Å². The molecule has 2 nitrogen and oxygen atoms in total. The molecule has 1 saturated carbocycles. The first kappa shape index (κ1) is 14.7. The first-order valence-electron chi connectivity index (χ1n) is 6.59. The predicted molar refractivity (Wildman–Crippen MR) is 82.8 cm³/mol.